The molecule has 10 heteroatoms. The molecule has 1 heterocycles. The van der Waals surface area contributed by atoms with Crippen molar-refractivity contribution >= 4 is 57.0 Å². The Labute approximate surface area is 233 Å². The molecule has 9 nitrogen and oxygen atoms in total. The molecule has 5 rings (SSSR count). The van der Waals surface area contributed by atoms with Crippen LogP contribution in [0.5, 0.6) is 5.75 Å². The largest absolute Gasteiger partial charge is 0.488 e. The Bertz CT molecular complexity index is 1750. The lowest BCUT2D eigenvalue weighted by atomic mass is 10.0. The lowest BCUT2D eigenvalue weighted by Gasteiger charge is -2.13. The molecule has 0 aromatic heterocycles. The summed E-state index contributed by atoms with van der Waals surface area (Å²) in [5.74, 6) is -0.783. The molecule has 200 valence electrons. The van der Waals surface area contributed by atoms with Gasteiger partial charge in [0.15, 0.2) is 5.17 Å². The van der Waals surface area contributed by atoms with E-state index in [2.05, 4.69) is 4.99 Å². The first-order chi connectivity index (χ1) is 19.2. The van der Waals surface area contributed by atoms with Gasteiger partial charge >= 0.3 is 5.97 Å². The Morgan fingerprint density at radius 3 is 2.65 bits per heavy atom. The molecule has 1 aliphatic heterocycles. The van der Waals surface area contributed by atoms with Crippen LogP contribution in [0.25, 0.3) is 16.8 Å². The minimum atomic E-state index is -1.04. The number of likely N-dealkylation sites (N-methyl/N-ethyl adjacent to an activating group) is 1. The summed E-state index contributed by atoms with van der Waals surface area (Å²) in [6.07, 6.45) is 1.76. The maximum atomic E-state index is 13.3. The van der Waals surface area contributed by atoms with Crippen molar-refractivity contribution in [2.75, 3.05) is 7.05 Å². The van der Waals surface area contributed by atoms with Gasteiger partial charge in [-0.05, 0) is 64.9 Å². The van der Waals surface area contributed by atoms with Crippen molar-refractivity contribution in [3.8, 4) is 5.75 Å². The van der Waals surface area contributed by atoms with Crippen LogP contribution < -0.4 is 4.74 Å². The number of nitro benzene ring substituents is 1. The fourth-order valence-electron chi connectivity index (χ4n) is 4.33. The fraction of sp³-hybridized carbons (Fsp3) is 0.100. The van der Waals surface area contributed by atoms with Gasteiger partial charge in [0.05, 0.1) is 21.1 Å². The number of benzene rings is 4. The van der Waals surface area contributed by atoms with E-state index in [1.165, 1.54) is 34.9 Å². The predicted octanol–water partition coefficient (Wildman–Crippen LogP) is 6.57. The number of hydrogen-bond acceptors (Lipinski definition) is 7. The van der Waals surface area contributed by atoms with Crippen LogP contribution in [-0.4, -0.2) is 39.0 Å². The number of rotatable bonds is 7. The highest BCUT2D eigenvalue weighted by molar-refractivity contribution is 8.18. The normalized spacial score (nSPS) is 15.2. The Balaban J connectivity index is 1.51. The third kappa shape index (κ3) is 5.29. The minimum absolute atomic E-state index is 0.0195. The van der Waals surface area contributed by atoms with Crippen LogP contribution in [0.15, 0.2) is 88.8 Å². The summed E-state index contributed by atoms with van der Waals surface area (Å²) >= 11 is 1.19. The summed E-state index contributed by atoms with van der Waals surface area (Å²) in [6, 6.07) is 22.5. The van der Waals surface area contributed by atoms with E-state index in [4.69, 9.17) is 4.74 Å². The summed E-state index contributed by atoms with van der Waals surface area (Å²) in [4.78, 5) is 42.0. The summed E-state index contributed by atoms with van der Waals surface area (Å²) < 4.78 is 6.13. The standard InChI is InChI=1S/C30H23N3O6S/c1-18-22(29(35)36)11-6-12-25(18)31-30-32(2)28(34)27(40-30)16-24-23-10-4-3-8-20(23)13-14-26(24)39-17-19-7-5-9-21(15-19)33(37)38/h3-16H,17H2,1-2H3,(H,35,36)/b27-16-,31-30?. The van der Waals surface area contributed by atoms with E-state index in [9.17, 15) is 24.8 Å². The molecule has 40 heavy (non-hydrogen) atoms. The van der Waals surface area contributed by atoms with E-state index >= 15 is 0 Å². The molecule has 0 spiro atoms. The van der Waals surface area contributed by atoms with E-state index in [-0.39, 0.29) is 23.8 Å². The number of fused-ring (bicyclic) bond motifs is 1. The molecule has 0 saturated carbocycles. The SMILES string of the molecule is Cc1c(N=C2S/C(=C\c3c(OCc4cccc([N+](=O)[O-])c4)ccc4ccccc34)C(=O)N2C)cccc1C(=O)O. The second kappa shape index (κ2) is 11.0. The van der Waals surface area contributed by atoms with Crippen LogP contribution in [-0.2, 0) is 11.4 Å². The highest BCUT2D eigenvalue weighted by Gasteiger charge is 2.31. The number of ether oxygens (including phenoxy) is 1. The average Bonchev–Trinajstić information content (AvgIpc) is 3.21. The maximum absolute atomic E-state index is 13.3. The number of aromatic carboxylic acids is 1. The molecule has 1 fully saturated rings. The molecule has 0 bridgehead atoms. The van der Waals surface area contributed by atoms with E-state index in [0.717, 1.165) is 10.8 Å². The summed E-state index contributed by atoms with van der Waals surface area (Å²) in [6.45, 7) is 1.78. The zero-order valence-electron chi connectivity index (χ0n) is 21.5. The minimum Gasteiger partial charge on any atom is -0.488 e. The second-order valence-electron chi connectivity index (χ2n) is 9.04. The number of hydrogen-bond donors (Lipinski definition) is 1. The number of amidine groups is 1. The number of carbonyl (C=O) groups excluding carboxylic acids is 1. The smallest absolute Gasteiger partial charge is 0.336 e. The van der Waals surface area contributed by atoms with Crippen molar-refractivity contribution in [2.24, 2.45) is 4.99 Å². The van der Waals surface area contributed by atoms with E-state index in [1.807, 2.05) is 36.4 Å². The van der Waals surface area contributed by atoms with Gasteiger partial charge in [0.1, 0.15) is 12.4 Å². The molecular formula is C30H23N3O6S. The topological polar surface area (TPSA) is 122 Å². The van der Waals surface area contributed by atoms with Crippen molar-refractivity contribution < 1.29 is 24.4 Å². The number of non-ortho nitro benzene ring substituents is 1. The van der Waals surface area contributed by atoms with Crippen LogP contribution in [0.2, 0.25) is 0 Å². The van der Waals surface area contributed by atoms with E-state index in [0.29, 0.717) is 38.2 Å². The highest BCUT2D eigenvalue weighted by Crippen LogP contribution is 2.38. The lowest BCUT2D eigenvalue weighted by molar-refractivity contribution is -0.384. The van der Waals surface area contributed by atoms with Crippen LogP contribution >= 0.6 is 11.8 Å². The number of thioether (sulfide) groups is 1. The third-order valence-corrected chi connectivity index (χ3v) is 7.54. The Kier molecular flexibility index (Phi) is 7.35. The van der Waals surface area contributed by atoms with Gasteiger partial charge in [0.25, 0.3) is 11.6 Å². The first kappa shape index (κ1) is 26.6. The summed E-state index contributed by atoms with van der Waals surface area (Å²) in [5.41, 5.74) is 2.44. The predicted molar refractivity (Wildman–Crippen MR) is 155 cm³/mol. The van der Waals surface area contributed by atoms with Gasteiger partial charge in [-0.3, -0.25) is 19.8 Å². The molecule has 4 aromatic rings. The third-order valence-electron chi connectivity index (χ3n) is 6.48. The molecular weight excluding hydrogens is 530 g/mol. The van der Waals surface area contributed by atoms with Gasteiger partial charge in [-0.2, -0.15) is 0 Å². The number of nitro groups is 1. The highest BCUT2D eigenvalue weighted by atomic mass is 32.2. The van der Waals surface area contributed by atoms with E-state index < -0.39 is 10.9 Å². The van der Waals surface area contributed by atoms with Crippen molar-refractivity contribution in [1.82, 2.24) is 4.90 Å². The molecule has 1 saturated heterocycles. The number of aliphatic imine (C=N–C) groups is 1. The molecule has 0 radical (unpaired) electrons. The monoisotopic (exact) mass is 553 g/mol. The summed E-state index contributed by atoms with van der Waals surface area (Å²) in [5, 5.41) is 22.9. The Morgan fingerprint density at radius 1 is 1.10 bits per heavy atom. The van der Waals surface area contributed by atoms with Gasteiger partial charge in [0, 0.05) is 24.7 Å². The zero-order chi connectivity index (χ0) is 28.4. The molecule has 4 aromatic carbocycles. The summed E-state index contributed by atoms with van der Waals surface area (Å²) in [7, 11) is 1.62. The van der Waals surface area contributed by atoms with Crippen LogP contribution in [0.1, 0.15) is 27.0 Å². The molecule has 0 atom stereocenters. The van der Waals surface area contributed by atoms with Gasteiger partial charge in [-0.15, -0.1) is 0 Å². The van der Waals surface area contributed by atoms with E-state index in [1.54, 1.807) is 44.3 Å². The van der Waals surface area contributed by atoms with Gasteiger partial charge in [-0.1, -0.05) is 48.5 Å². The molecule has 0 unspecified atom stereocenters. The Morgan fingerprint density at radius 2 is 1.88 bits per heavy atom. The van der Waals surface area contributed by atoms with Gasteiger partial charge < -0.3 is 9.84 Å². The quantitative estimate of drug-likeness (QED) is 0.156. The average molecular weight is 554 g/mol. The van der Waals surface area contributed by atoms with Gasteiger partial charge in [0.2, 0.25) is 0 Å². The van der Waals surface area contributed by atoms with Crippen molar-refractivity contribution in [3.05, 3.63) is 116 Å². The number of carboxylic acids is 1. The molecule has 1 N–H and O–H groups in total. The molecule has 0 aliphatic carbocycles. The fourth-order valence-corrected chi connectivity index (χ4v) is 5.29. The number of carboxylic acid groups (broad SMARTS) is 1. The maximum Gasteiger partial charge on any atom is 0.336 e. The van der Waals surface area contributed by atoms with Crippen LogP contribution in [0.4, 0.5) is 11.4 Å². The zero-order valence-corrected chi connectivity index (χ0v) is 22.3. The van der Waals surface area contributed by atoms with Crippen LogP contribution in [0, 0.1) is 17.0 Å². The first-order valence-electron chi connectivity index (χ1n) is 12.2. The molecule has 1 amide bonds. The van der Waals surface area contributed by atoms with Crippen molar-refractivity contribution in [3.63, 3.8) is 0 Å². The first-order valence-corrected chi connectivity index (χ1v) is 13.0. The second-order valence-corrected chi connectivity index (χ2v) is 10.0. The lowest BCUT2D eigenvalue weighted by Crippen LogP contribution is -2.23. The van der Waals surface area contributed by atoms with Crippen molar-refractivity contribution in [2.45, 2.75) is 13.5 Å². The molecule has 1 aliphatic rings. The van der Waals surface area contributed by atoms with Crippen molar-refractivity contribution in [1.29, 1.82) is 0 Å². The Hall–Kier alpha value is -4.96. The number of carbonyl (C=O) groups is 2. The van der Waals surface area contributed by atoms with Crippen LogP contribution in [0.3, 0.4) is 0 Å². The number of nitrogens with zero attached hydrogens (tertiary/aromatic N) is 3. The number of amides is 1. The van der Waals surface area contributed by atoms with Gasteiger partial charge in [-0.25, -0.2) is 9.79 Å².